The molecule has 2 unspecified atom stereocenters. The highest BCUT2D eigenvalue weighted by Gasteiger charge is 2.24. The van der Waals surface area contributed by atoms with Crippen molar-refractivity contribution in [2.75, 3.05) is 31.7 Å². The van der Waals surface area contributed by atoms with Crippen LogP contribution in [0, 0.1) is 0 Å². The molecule has 1 N–H and O–H groups in total. The highest BCUT2D eigenvalue weighted by atomic mass is 16.5. The summed E-state index contributed by atoms with van der Waals surface area (Å²) in [5, 5.41) is 3.70. The highest BCUT2D eigenvalue weighted by molar-refractivity contribution is 5.56. The molecule has 1 aromatic carbocycles. The van der Waals surface area contributed by atoms with Gasteiger partial charge in [0.2, 0.25) is 0 Å². The minimum atomic E-state index is 0.422. The predicted octanol–water partition coefficient (Wildman–Crippen LogP) is 3.36. The van der Waals surface area contributed by atoms with Gasteiger partial charge in [0.1, 0.15) is 0 Å². The van der Waals surface area contributed by atoms with Crippen LogP contribution in [-0.2, 0) is 4.74 Å². The third-order valence-corrected chi connectivity index (χ3v) is 4.09. The number of anilines is 1. The molecule has 0 aliphatic carbocycles. The van der Waals surface area contributed by atoms with Crippen LogP contribution in [0.4, 0.5) is 5.69 Å². The van der Waals surface area contributed by atoms with Gasteiger partial charge in [-0.05, 0) is 44.4 Å². The minimum Gasteiger partial charge on any atom is -0.383 e. The van der Waals surface area contributed by atoms with Crippen LogP contribution in [-0.4, -0.2) is 32.8 Å². The van der Waals surface area contributed by atoms with Crippen molar-refractivity contribution in [2.45, 2.75) is 45.2 Å². The standard InChI is InChI=1S/C17H28N2O/c1-4-11-18-16-9-7-12-19(14(2)13-20-3)17-10-6-5-8-15(16)17/h5-6,8,10,14,16,18H,4,7,9,11-13H2,1-3H3. The third kappa shape index (κ3) is 3.53. The van der Waals surface area contributed by atoms with E-state index in [0.717, 1.165) is 19.7 Å². The Balaban J connectivity index is 2.25. The molecule has 0 spiro atoms. The number of para-hydroxylation sites is 1. The van der Waals surface area contributed by atoms with E-state index in [1.165, 1.54) is 30.5 Å². The zero-order chi connectivity index (χ0) is 14.4. The Morgan fingerprint density at radius 2 is 2.20 bits per heavy atom. The van der Waals surface area contributed by atoms with Crippen LogP contribution in [0.3, 0.4) is 0 Å². The van der Waals surface area contributed by atoms with Crippen molar-refractivity contribution in [3.05, 3.63) is 29.8 Å². The Morgan fingerprint density at radius 1 is 1.40 bits per heavy atom. The van der Waals surface area contributed by atoms with E-state index in [2.05, 4.69) is 48.3 Å². The van der Waals surface area contributed by atoms with Gasteiger partial charge in [0.25, 0.3) is 0 Å². The fraction of sp³-hybridized carbons (Fsp3) is 0.647. The van der Waals surface area contributed by atoms with Crippen LogP contribution >= 0.6 is 0 Å². The molecule has 0 bridgehead atoms. The van der Waals surface area contributed by atoms with Crippen LogP contribution in [0.5, 0.6) is 0 Å². The molecule has 0 saturated carbocycles. The van der Waals surface area contributed by atoms with Gasteiger partial charge >= 0.3 is 0 Å². The second-order valence-electron chi connectivity index (χ2n) is 5.71. The number of hydrogen-bond donors (Lipinski definition) is 1. The van der Waals surface area contributed by atoms with E-state index >= 15 is 0 Å². The van der Waals surface area contributed by atoms with E-state index in [-0.39, 0.29) is 0 Å². The summed E-state index contributed by atoms with van der Waals surface area (Å²) in [4.78, 5) is 2.51. The molecule has 2 rings (SSSR count). The van der Waals surface area contributed by atoms with Crippen LogP contribution < -0.4 is 10.2 Å². The number of methoxy groups -OCH3 is 1. The van der Waals surface area contributed by atoms with Gasteiger partial charge in [-0.25, -0.2) is 0 Å². The monoisotopic (exact) mass is 276 g/mol. The van der Waals surface area contributed by atoms with Gasteiger partial charge in [0.15, 0.2) is 0 Å². The number of hydrogen-bond acceptors (Lipinski definition) is 3. The number of nitrogens with one attached hydrogen (secondary N) is 1. The van der Waals surface area contributed by atoms with Gasteiger partial charge in [-0.1, -0.05) is 25.1 Å². The average molecular weight is 276 g/mol. The zero-order valence-corrected chi connectivity index (χ0v) is 13.1. The second-order valence-corrected chi connectivity index (χ2v) is 5.71. The molecule has 1 heterocycles. The lowest BCUT2D eigenvalue weighted by molar-refractivity contribution is 0.181. The first kappa shape index (κ1) is 15.3. The molecule has 0 radical (unpaired) electrons. The van der Waals surface area contributed by atoms with Crippen LogP contribution in [0.2, 0.25) is 0 Å². The topological polar surface area (TPSA) is 24.5 Å². The van der Waals surface area contributed by atoms with Gasteiger partial charge in [-0.3, -0.25) is 0 Å². The summed E-state index contributed by atoms with van der Waals surface area (Å²) < 4.78 is 5.35. The summed E-state index contributed by atoms with van der Waals surface area (Å²) >= 11 is 0. The first-order valence-electron chi connectivity index (χ1n) is 7.85. The molecular weight excluding hydrogens is 248 g/mol. The Bertz CT molecular complexity index is 408. The third-order valence-electron chi connectivity index (χ3n) is 4.09. The van der Waals surface area contributed by atoms with E-state index in [1.54, 1.807) is 7.11 Å². The molecule has 1 aliphatic rings. The molecule has 0 amide bonds. The molecule has 0 aromatic heterocycles. The van der Waals surface area contributed by atoms with Crippen molar-refractivity contribution in [2.24, 2.45) is 0 Å². The maximum Gasteiger partial charge on any atom is 0.0663 e. The maximum atomic E-state index is 5.35. The normalized spacial score (nSPS) is 20.4. The summed E-state index contributed by atoms with van der Waals surface area (Å²) in [6, 6.07) is 9.75. The maximum absolute atomic E-state index is 5.35. The van der Waals surface area contributed by atoms with Gasteiger partial charge in [0.05, 0.1) is 6.61 Å². The van der Waals surface area contributed by atoms with Crippen molar-refractivity contribution >= 4 is 5.69 Å². The Hall–Kier alpha value is -1.06. The number of ether oxygens (including phenoxy) is 1. The van der Waals surface area contributed by atoms with E-state index in [1.807, 2.05) is 0 Å². The number of nitrogens with zero attached hydrogens (tertiary/aromatic N) is 1. The smallest absolute Gasteiger partial charge is 0.0663 e. The summed E-state index contributed by atoms with van der Waals surface area (Å²) in [7, 11) is 1.78. The Morgan fingerprint density at radius 3 is 2.95 bits per heavy atom. The van der Waals surface area contributed by atoms with Crippen LogP contribution in [0.15, 0.2) is 24.3 Å². The predicted molar refractivity (Wildman–Crippen MR) is 85.4 cm³/mol. The van der Waals surface area contributed by atoms with E-state index in [0.29, 0.717) is 12.1 Å². The largest absolute Gasteiger partial charge is 0.383 e. The fourth-order valence-electron chi connectivity index (χ4n) is 3.11. The molecule has 0 fully saturated rings. The molecular formula is C17H28N2O. The van der Waals surface area contributed by atoms with Gasteiger partial charge in [-0.2, -0.15) is 0 Å². The van der Waals surface area contributed by atoms with E-state index < -0.39 is 0 Å². The summed E-state index contributed by atoms with van der Waals surface area (Å²) in [6.07, 6.45) is 3.62. The van der Waals surface area contributed by atoms with Gasteiger partial charge in [-0.15, -0.1) is 0 Å². The van der Waals surface area contributed by atoms with E-state index in [4.69, 9.17) is 4.74 Å². The van der Waals surface area contributed by atoms with Crippen molar-refractivity contribution < 1.29 is 4.74 Å². The molecule has 1 aliphatic heterocycles. The van der Waals surface area contributed by atoms with Crippen molar-refractivity contribution in [1.29, 1.82) is 0 Å². The molecule has 3 nitrogen and oxygen atoms in total. The quantitative estimate of drug-likeness (QED) is 0.862. The summed E-state index contributed by atoms with van der Waals surface area (Å²) in [5.74, 6) is 0. The van der Waals surface area contributed by atoms with Crippen LogP contribution in [0.1, 0.15) is 44.7 Å². The first-order chi connectivity index (χ1) is 9.77. The number of rotatable bonds is 6. The number of fused-ring (bicyclic) bond motifs is 1. The molecule has 20 heavy (non-hydrogen) atoms. The first-order valence-corrected chi connectivity index (χ1v) is 7.85. The van der Waals surface area contributed by atoms with Crippen molar-refractivity contribution in [1.82, 2.24) is 5.32 Å². The van der Waals surface area contributed by atoms with Crippen LogP contribution in [0.25, 0.3) is 0 Å². The molecule has 1 aromatic rings. The fourth-order valence-corrected chi connectivity index (χ4v) is 3.11. The van der Waals surface area contributed by atoms with Crippen molar-refractivity contribution in [3.63, 3.8) is 0 Å². The average Bonchev–Trinajstić information content (AvgIpc) is 2.65. The Labute approximate surface area is 123 Å². The second kappa shape index (κ2) is 7.65. The molecule has 2 atom stereocenters. The minimum absolute atomic E-state index is 0.422. The lowest BCUT2D eigenvalue weighted by Crippen LogP contribution is -2.37. The molecule has 0 saturated heterocycles. The lowest BCUT2D eigenvalue weighted by Gasteiger charge is -2.31. The van der Waals surface area contributed by atoms with Gasteiger partial charge in [0, 0.05) is 31.4 Å². The SMILES string of the molecule is CCCNC1CCCN(C(C)COC)c2ccccc21. The zero-order valence-electron chi connectivity index (χ0n) is 13.1. The highest BCUT2D eigenvalue weighted by Crippen LogP contribution is 2.33. The van der Waals surface area contributed by atoms with Gasteiger partial charge < -0.3 is 15.0 Å². The molecule has 3 heteroatoms. The molecule has 112 valence electrons. The Kier molecular flexibility index (Phi) is 5.86. The number of benzene rings is 1. The lowest BCUT2D eigenvalue weighted by atomic mass is 10.0. The van der Waals surface area contributed by atoms with E-state index in [9.17, 15) is 0 Å². The summed E-state index contributed by atoms with van der Waals surface area (Å²) in [6.45, 7) is 7.46. The van der Waals surface area contributed by atoms with Crippen molar-refractivity contribution in [3.8, 4) is 0 Å². The summed E-state index contributed by atoms with van der Waals surface area (Å²) in [5.41, 5.74) is 2.82.